The molecule has 1 amide bonds. The van der Waals surface area contributed by atoms with Crippen LogP contribution in [0.1, 0.15) is 34.3 Å². The fraction of sp³-hybridized carbons (Fsp3) is 0.231. The van der Waals surface area contributed by atoms with E-state index in [1.165, 1.54) is 11.6 Å². The highest BCUT2D eigenvalue weighted by atomic mass is 32.1. The Bertz CT molecular complexity index is 1270. The van der Waals surface area contributed by atoms with Crippen molar-refractivity contribution in [2.24, 2.45) is 0 Å². The first-order chi connectivity index (χ1) is 16.0. The molecule has 1 aromatic heterocycles. The minimum absolute atomic E-state index is 0.0113. The first-order valence-electron chi connectivity index (χ1n) is 10.9. The van der Waals surface area contributed by atoms with Gasteiger partial charge in [0.15, 0.2) is 5.82 Å². The minimum Gasteiger partial charge on any atom is -0.467 e. The van der Waals surface area contributed by atoms with E-state index in [2.05, 4.69) is 17.1 Å². The molecule has 2 heterocycles. The highest BCUT2D eigenvalue weighted by Gasteiger charge is 2.26. The van der Waals surface area contributed by atoms with E-state index in [0.29, 0.717) is 41.4 Å². The maximum Gasteiger partial charge on any atom is 0.274 e. The number of ether oxygens (including phenoxy) is 1. The highest BCUT2D eigenvalue weighted by Crippen LogP contribution is 2.32. The minimum atomic E-state index is -0.689. The molecule has 0 saturated carbocycles. The van der Waals surface area contributed by atoms with Crippen LogP contribution in [0.5, 0.6) is 5.19 Å². The lowest BCUT2D eigenvalue weighted by atomic mass is 10.0. The van der Waals surface area contributed by atoms with Crippen molar-refractivity contribution in [3.63, 3.8) is 0 Å². The Hall–Kier alpha value is -3.32. The number of aromatic nitrogens is 1. The number of carbonyl (C=O) groups is 1. The third kappa shape index (κ3) is 4.88. The van der Waals surface area contributed by atoms with Gasteiger partial charge in [0, 0.05) is 37.6 Å². The third-order valence-corrected chi connectivity index (χ3v) is 6.74. The van der Waals surface area contributed by atoms with Crippen molar-refractivity contribution in [3.05, 3.63) is 95.1 Å². The average Bonchev–Trinajstić information content (AvgIpc) is 3.23. The zero-order valence-electron chi connectivity index (χ0n) is 17.8. The van der Waals surface area contributed by atoms with Crippen LogP contribution in [0.25, 0.3) is 10.2 Å². The number of amides is 1. The molecule has 5 rings (SSSR count). The molecule has 0 unspecified atom stereocenters. The molecular weight excluding hydrogens is 442 g/mol. The molecular formula is C26H22F2N2O2S. The quantitative estimate of drug-likeness (QED) is 0.372. The van der Waals surface area contributed by atoms with Gasteiger partial charge in [0.1, 0.15) is 17.4 Å². The number of nitrogens with zero attached hydrogens (tertiary/aromatic N) is 2. The first-order valence-corrected chi connectivity index (χ1v) is 11.7. The van der Waals surface area contributed by atoms with Crippen LogP contribution in [0, 0.1) is 11.6 Å². The van der Waals surface area contributed by atoms with Gasteiger partial charge in [0.05, 0.1) is 4.70 Å². The topological polar surface area (TPSA) is 42.4 Å². The first kappa shape index (κ1) is 21.5. The number of halogens is 2. The summed E-state index contributed by atoms with van der Waals surface area (Å²) in [4.78, 5) is 18.9. The summed E-state index contributed by atoms with van der Waals surface area (Å²) < 4.78 is 33.6. The van der Waals surface area contributed by atoms with Crippen LogP contribution in [0.2, 0.25) is 0 Å². The van der Waals surface area contributed by atoms with Crippen molar-refractivity contribution in [1.29, 1.82) is 0 Å². The monoisotopic (exact) mass is 464 g/mol. The summed E-state index contributed by atoms with van der Waals surface area (Å²) in [6.45, 7) is 1.15. The van der Waals surface area contributed by atoms with Gasteiger partial charge >= 0.3 is 0 Å². The molecule has 0 bridgehead atoms. The van der Waals surface area contributed by atoms with Gasteiger partial charge < -0.3 is 9.64 Å². The Balaban J connectivity index is 1.17. The molecule has 168 valence electrons. The lowest BCUT2D eigenvalue weighted by Gasteiger charge is -2.31. The van der Waals surface area contributed by atoms with Gasteiger partial charge in [-0.2, -0.15) is 4.98 Å². The summed E-state index contributed by atoms with van der Waals surface area (Å²) in [5, 5.41) is 0.327. The van der Waals surface area contributed by atoms with E-state index in [9.17, 15) is 13.6 Å². The van der Waals surface area contributed by atoms with Gasteiger partial charge in [-0.05, 0) is 35.7 Å². The standard InChI is InChI=1S/C26H22F2N2O2S/c27-20-15-22(28)24-23(16-20)33-26(29-24)32-21-10-12-30(13-11-21)25(31)19-8-6-18(7-9-19)14-17-4-2-1-3-5-17/h1-9,15-16,21H,10-14H2. The lowest BCUT2D eigenvalue weighted by molar-refractivity contribution is 0.0595. The van der Waals surface area contributed by atoms with Gasteiger partial charge in [-0.15, -0.1) is 0 Å². The lowest BCUT2D eigenvalue weighted by Crippen LogP contribution is -2.41. The largest absolute Gasteiger partial charge is 0.467 e. The molecule has 1 aliphatic rings. The Morgan fingerprint density at radius 1 is 1.00 bits per heavy atom. The number of benzene rings is 3. The predicted octanol–water partition coefficient (Wildman–Crippen LogP) is 5.85. The Labute approximate surface area is 194 Å². The smallest absolute Gasteiger partial charge is 0.274 e. The van der Waals surface area contributed by atoms with Gasteiger partial charge in [0.25, 0.3) is 11.1 Å². The second-order valence-electron chi connectivity index (χ2n) is 8.18. The van der Waals surface area contributed by atoms with E-state index in [4.69, 9.17) is 4.74 Å². The molecule has 4 aromatic rings. The summed E-state index contributed by atoms with van der Waals surface area (Å²) in [6.07, 6.45) is 2.03. The van der Waals surface area contributed by atoms with Crippen molar-refractivity contribution in [2.75, 3.05) is 13.1 Å². The SMILES string of the molecule is O=C(c1ccc(Cc2ccccc2)cc1)N1CCC(Oc2nc3c(F)cc(F)cc3s2)CC1. The molecule has 0 aliphatic carbocycles. The van der Waals surface area contributed by atoms with Crippen LogP contribution in [-0.4, -0.2) is 35.0 Å². The van der Waals surface area contributed by atoms with Crippen molar-refractivity contribution in [3.8, 4) is 5.19 Å². The van der Waals surface area contributed by atoms with E-state index in [1.807, 2.05) is 47.4 Å². The van der Waals surface area contributed by atoms with E-state index >= 15 is 0 Å². The summed E-state index contributed by atoms with van der Waals surface area (Å²) in [5.74, 6) is -1.31. The zero-order chi connectivity index (χ0) is 22.8. The number of hydrogen-bond donors (Lipinski definition) is 0. The third-order valence-electron chi connectivity index (χ3n) is 5.84. The summed E-state index contributed by atoms with van der Waals surface area (Å²) >= 11 is 1.13. The molecule has 0 spiro atoms. The molecule has 4 nitrogen and oxygen atoms in total. The van der Waals surface area contributed by atoms with Crippen molar-refractivity contribution in [1.82, 2.24) is 9.88 Å². The van der Waals surface area contributed by atoms with Crippen molar-refractivity contribution >= 4 is 27.5 Å². The van der Waals surface area contributed by atoms with Crippen molar-refractivity contribution < 1.29 is 18.3 Å². The van der Waals surface area contributed by atoms with Gasteiger partial charge in [-0.3, -0.25) is 4.79 Å². The molecule has 0 radical (unpaired) electrons. The van der Waals surface area contributed by atoms with E-state index < -0.39 is 11.6 Å². The second-order valence-corrected chi connectivity index (χ2v) is 9.18. The van der Waals surface area contributed by atoms with Crippen LogP contribution in [-0.2, 0) is 6.42 Å². The van der Waals surface area contributed by atoms with E-state index in [-0.39, 0.29) is 17.5 Å². The molecule has 3 aromatic carbocycles. The Morgan fingerprint density at radius 3 is 2.42 bits per heavy atom. The predicted molar refractivity (Wildman–Crippen MR) is 125 cm³/mol. The average molecular weight is 465 g/mol. The number of thiazole rings is 1. The highest BCUT2D eigenvalue weighted by molar-refractivity contribution is 7.20. The number of piperidine rings is 1. The van der Waals surface area contributed by atoms with Crippen LogP contribution in [0.4, 0.5) is 8.78 Å². The van der Waals surface area contributed by atoms with Crippen LogP contribution >= 0.6 is 11.3 Å². The molecule has 0 N–H and O–H groups in total. The summed E-state index contributed by atoms with van der Waals surface area (Å²) in [6, 6.07) is 20.1. The number of hydrogen-bond acceptors (Lipinski definition) is 4. The molecule has 1 fully saturated rings. The maximum absolute atomic E-state index is 13.9. The normalized spacial score (nSPS) is 14.5. The molecule has 1 aliphatic heterocycles. The van der Waals surface area contributed by atoms with Crippen LogP contribution < -0.4 is 4.74 Å². The number of likely N-dealkylation sites (tertiary alicyclic amines) is 1. The number of fused-ring (bicyclic) bond motifs is 1. The Morgan fingerprint density at radius 2 is 1.70 bits per heavy atom. The van der Waals surface area contributed by atoms with Gasteiger partial charge in [-0.25, -0.2) is 8.78 Å². The van der Waals surface area contributed by atoms with E-state index in [0.717, 1.165) is 29.4 Å². The second kappa shape index (κ2) is 9.27. The number of carbonyl (C=O) groups excluding carboxylic acids is 1. The fourth-order valence-electron chi connectivity index (χ4n) is 4.09. The number of rotatable bonds is 5. The molecule has 0 atom stereocenters. The Kier molecular flexibility index (Phi) is 6.05. The molecule has 7 heteroatoms. The molecule has 33 heavy (non-hydrogen) atoms. The summed E-state index contributed by atoms with van der Waals surface area (Å²) in [7, 11) is 0. The van der Waals surface area contributed by atoms with Crippen molar-refractivity contribution in [2.45, 2.75) is 25.4 Å². The maximum atomic E-state index is 13.9. The van der Waals surface area contributed by atoms with Crippen LogP contribution in [0.15, 0.2) is 66.7 Å². The fourth-order valence-corrected chi connectivity index (χ4v) is 5.01. The summed E-state index contributed by atoms with van der Waals surface area (Å²) in [5.41, 5.74) is 3.20. The molecule has 1 saturated heterocycles. The van der Waals surface area contributed by atoms with Gasteiger partial charge in [0.2, 0.25) is 0 Å². The van der Waals surface area contributed by atoms with E-state index in [1.54, 1.807) is 0 Å². The van der Waals surface area contributed by atoms with Crippen LogP contribution in [0.3, 0.4) is 0 Å². The zero-order valence-corrected chi connectivity index (χ0v) is 18.7. The van der Waals surface area contributed by atoms with Gasteiger partial charge in [-0.1, -0.05) is 53.8 Å².